The third-order valence-electron chi connectivity index (χ3n) is 2.03. The van der Waals surface area contributed by atoms with Crippen molar-refractivity contribution in [1.82, 2.24) is 10.2 Å². The van der Waals surface area contributed by atoms with Crippen molar-refractivity contribution in [2.45, 2.75) is 0 Å². The first-order valence-electron chi connectivity index (χ1n) is 4.80. The number of methoxy groups -OCH3 is 1. The maximum absolute atomic E-state index is 5.87. The Morgan fingerprint density at radius 2 is 1.83 bits per heavy atom. The lowest BCUT2D eigenvalue weighted by atomic mass is 10.3. The Hall–Kier alpha value is -1.04. The molecule has 0 saturated heterocycles. The van der Waals surface area contributed by atoms with Gasteiger partial charge in [0.25, 0.3) is 0 Å². The van der Waals surface area contributed by atoms with Crippen LogP contribution in [0.4, 0.5) is 0 Å². The number of halogens is 3. The first-order valence-corrected chi connectivity index (χ1v) is 6.35. The molecular weight excluding hydrogens is 343 g/mol. The summed E-state index contributed by atoms with van der Waals surface area (Å²) < 4.78 is 11.7. The van der Waals surface area contributed by atoms with Crippen molar-refractivity contribution in [2.24, 2.45) is 0 Å². The van der Waals surface area contributed by atoms with Crippen molar-refractivity contribution in [3.05, 3.63) is 39.0 Å². The van der Waals surface area contributed by atoms with E-state index in [2.05, 4.69) is 26.1 Å². The smallest absolute Gasteiger partial charge is 0.194 e. The zero-order chi connectivity index (χ0) is 13.1. The van der Waals surface area contributed by atoms with Crippen molar-refractivity contribution in [2.75, 3.05) is 7.11 Å². The van der Waals surface area contributed by atoms with Gasteiger partial charge in [-0.15, -0.1) is 10.2 Å². The number of aromatic nitrogens is 2. The summed E-state index contributed by atoms with van der Waals surface area (Å²) in [6, 6.07) is 6.83. The van der Waals surface area contributed by atoms with E-state index in [4.69, 9.17) is 32.7 Å². The Balaban J connectivity index is 2.36. The summed E-state index contributed by atoms with van der Waals surface area (Å²) >= 11 is 14.9. The second-order valence-corrected chi connectivity index (χ2v) is 4.88. The Morgan fingerprint density at radius 3 is 2.56 bits per heavy atom. The van der Waals surface area contributed by atoms with Crippen LogP contribution in [0, 0.1) is 0 Å². The SMILES string of the molecule is COc1cc(Br)ccc1Oc1cc(Cl)nnc1Cl. The minimum absolute atomic E-state index is 0.129. The maximum Gasteiger partial charge on any atom is 0.194 e. The number of rotatable bonds is 3. The molecule has 0 radical (unpaired) electrons. The molecule has 1 aromatic heterocycles. The fraction of sp³-hybridized carbons (Fsp3) is 0.0909. The predicted molar refractivity (Wildman–Crippen MR) is 72.8 cm³/mol. The zero-order valence-corrected chi connectivity index (χ0v) is 12.3. The van der Waals surface area contributed by atoms with Gasteiger partial charge in [-0.2, -0.15) is 0 Å². The van der Waals surface area contributed by atoms with Crippen LogP contribution >= 0.6 is 39.1 Å². The minimum atomic E-state index is 0.129. The summed E-state index contributed by atoms with van der Waals surface area (Å²) in [5, 5.41) is 7.59. The van der Waals surface area contributed by atoms with Gasteiger partial charge in [-0.3, -0.25) is 0 Å². The lowest BCUT2D eigenvalue weighted by Crippen LogP contribution is -1.93. The van der Waals surface area contributed by atoms with Crippen molar-refractivity contribution >= 4 is 39.1 Å². The summed E-state index contributed by atoms with van der Waals surface area (Å²) in [7, 11) is 1.55. The van der Waals surface area contributed by atoms with Crippen molar-refractivity contribution in [3.63, 3.8) is 0 Å². The van der Waals surface area contributed by atoms with E-state index in [1.807, 2.05) is 6.07 Å². The molecule has 2 aromatic rings. The molecule has 0 fully saturated rings. The van der Waals surface area contributed by atoms with Crippen LogP contribution in [-0.2, 0) is 0 Å². The van der Waals surface area contributed by atoms with Gasteiger partial charge in [0.15, 0.2) is 27.6 Å². The van der Waals surface area contributed by atoms with E-state index in [0.717, 1.165) is 4.47 Å². The van der Waals surface area contributed by atoms with Crippen LogP contribution in [-0.4, -0.2) is 17.3 Å². The van der Waals surface area contributed by atoms with Gasteiger partial charge in [0.1, 0.15) is 0 Å². The van der Waals surface area contributed by atoms with Crippen LogP contribution in [0.1, 0.15) is 0 Å². The fourth-order valence-corrected chi connectivity index (χ4v) is 1.86. The van der Waals surface area contributed by atoms with E-state index in [0.29, 0.717) is 17.2 Å². The summed E-state index contributed by atoms with van der Waals surface area (Å²) in [5.74, 6) is 1.39. The summed E-state index contributed by atoms with van der Waals surface area (Å²) in [6.07, 6.45) is 0. The largest absolute Gasteiger partial charge is 0.493 e. The van der Waals surface area contributed by atoms with Crippen LogP contribution in [0.25, 0.3) is 0 Å². The first kappa shape index (κ1) is 13.4. The standard InChI is InChI=1S/C11H7BrCl2N2O2/c1-17-8-4-6(12)2-3-7(8)18-9-5-10(13)15-16-11(9)14/h2-5H,1H3. The van der Waals surface area contributed by atoms with Crippen LogP contribution in [0.5, 0.6) is 17.2 Å². The molecule has 0 bridgehead atoms. The molecule has 0 atom stereocenters. The molecule has 0 saturated carbocycles. The topological polar surface area (TPSA) is 44.2 Å². The lowest BCUT2D eigenvalue weighted by Gasteiger charge is -2.11. The molecule has 0 N–H and O–H groups in total. The third-order valence-corrected chi connectivity index (χ3v) is 2.97. The molecule has 4 nitrogen and oxygen atoms in total. The monoisotopic (exact) mass is 348 g/mol. The van der Waals surface area contributed by atoms with Crippen LogP contribution in [0.3, 0.4) is 0 Å². The molecule has 0 amide bonds. The van der Waals surface area contributed by atoms with E-state index in [1.54, 1.807) is 19.2 Å². The summed E-state index contributed by atoms with van der Waals surface area (Å²) in [5.41, 5.74) is 0. The Labute approximate surface area is 122 Å². The van der Waals surface area contributed by atoms with E-state index in [-0.39, 0.29) is 10.3 Å². The summed E-state index contributed by atoms with van der Waals surface area (Å²) in [4.78, 5) is 0. The summed E-state index contributed by atoms with van der Waals surface area (Å²) in [6.45, 7) is 0. The number of benzene rings is 1. The highest BCUT2D eigenvalue weighted by Crippen LogP contribution is 2.36. The molecule has 7 heteroatoms. The molecule has 18 heavy (non-hydrogen) atoms. The third kappa shape index (κ3) is 3.04. The minimum Gasteiger partial charge on any atom is -0.493 e. The van der Waals surface area contributed by atoms with Gasteiger partial charge in [0.2, 0.25) is 0 Å². The fourth-order valence-electron chi connectivity index (χ4n) is 1.25. The van der Waals surface area contributed by atoms with E-state index in [1.165, 1.54) is 6.07 Å². The van der Waals surface area contributed by atoms with Gasteiger partial charge >= 0.3 is 0 Å². The normalized spacial score (nSPS) is 10.2. The first-order chi connectivity index (χ1) is 8.60. The molecule has 0 aliphatic heterocycles. The van der Waals surface area contributed by atoms with Gasteiger partial charge in [0, 0.05) is 10.5 Å². The molecule has 0 aliphatic rings. The van der Waals surface area contributed by atoms with Gasteiger partial charge < -0.3 is 9.47 Å². The number of hydrogen-bond donors (Lipinski definition) is 0. The molecule has 0 spiro atoms. The van der Waals surface area contributed by atoms with E-state index in [9.17, 15) is 0 Å². The highest BCUT2D eigenvalue weighted by molar-refractivity contribution is 9.10. The molecule has 0 unspecified atom stereocenters. The van der Waals surface area contributed by atoms with Gasteiger partial charge in [-0.1, -0.05) is 39.1 Å². The lowest BCUT2D eigenvalue weighted by molar-refractivity contribution is 0.378. The quantitative estimate of drug-likeness (QED) is 0.826. The van der Waals surface area contributed by atoms with Crippen LogP contribution < -0.4 is 9.47 Å². The maximum atomic E-state index is 5.87. The Bertz CT molecular complexity index is 581. The highest BCUT2D eigenvalue weighted by atomic mass is 79.9. The molecular formula is C11H7BrCl2N2O2. The molecule has 1 heterocycles. The Morgan fingerprint density at radius 1 is 1.06 bits per heavy atom. The van der Waals surface area contributed by atoms with Crippen molar-refractivity contribution in [3.8, 4) is 17.2 Å². The predicted octanol–water partition coefficient (Wildman–Crippen LogP) is 4.35. The molecule has 94 valence electrons. The van der Waals surface area contributed by atoms with E-state index < -0.39 is 0 Å². The van der Waals surface area contributed by atoms with Gasteiger partial charge in [-0.05, 0) is 18.2 Å². The van der Waals surface area contributed by atoms with Crippen LogP contribution in [0.2, 0.25) is 10.3 Å². The second-order valence-electron chi connectivity index (χ2n) is 3.22. The van der Waals surface area contributed by atoms with Gasteiger partial charge in [-0.25, -0.2) is 0 Å². The Kier molecular flexibility index (Phi) is 4.27. The van der Waals surface area contributed by atoms with Crippen molar-refractivity contribution in [1.29, 1.82) is 0 Å². The van der Waals surface area contributed by atoms with Crippen LogP contribution in [0.15, 0.2) is 28.7 Å². The average molecular weight is 350 g/mol. The average Bonchev–Trinajstić information content (AvgIpc) is 2.36. The van der Waals surface area contributed by atoms with Crippen molar-refractivity contribution < 1.29 is 9.47 Å². The highest BCUT2D eigenvalue weighted by Gasteiger charge is 2.11. The number of nitrogens with zero attached hydrogens (tertiary/aromatic N) is 2. The molecule has 1 aromatic carbocycles. The van der Waals surface area contributed by atoms with Gasteiger partial charge in [0.05, 0.1) is 7.11 Å². The molecule has 2 rings (SSSR count). The number of hydrogen-bond acceptors (Lipinski definition) is 4. The molecule has 0 aliphatic carbocycles. The van der Waals surface area contributed by atoms with E-state index >= 15 is 0 Å². The zero-order valence-electron chi connectivity index (χ0n) is 9.15. The number of ether oxygens (including phenoxy) is 2. The second kappa shape index (κ2) is 5.73.